The number of nitrogens with zero attached hydrogens (tertiary/aromatic N) is 2. The van der Waals surface area contributed by atoms with Gasteiger partial charge in [0.05, 0.1) is 5.69 Å². The van der Waals surface area contributed by atoms with E-state index in [1.54, 1.807) is 0 Å². The molecule has 0 spiro atoms. The minimum atomic E-state index is -0.174. The van der Waals surface area contributed by atoms with E-state index in [2.05, 4.69) is 37.6 Å². The van der Waals surface area contributed by atoms with Crippen LogP contribution in [0.4, 0.5) is 4.39 Å². The number of H-pyrrole nitrogens is 2. The van der Waals surface area contributed by atoms with E-state index >= 15 is 0 Å². The first kappa shape index (κ1) is 17.8. The van der Waals surface area contributed by atoms with Gasteiger partial charge in [0.2, 0.25) is 0 Å². The number of aromatic nitrogens is 4. The average Bonchev–Trinajstić information content (AvgIpc) is 3.51. The van der Waals surface area contributed by atoms with Gasteiger partial charge in [0.25, 0.3) is 0 Å². The second-order valence-corrected chi connectivity index (χ2v) is 8.85. The van der Waals surface area contributed by atoms with Crippen molar-refractivity contribution < 1.29 is 4.39 Å². The molecule has 1 saturated heterocycles. The van der Waals surface area contributed by atoms with Gasteiger partial charge < -0.3 is 10.3 Å². The molecule has 0 radical (unpaired) electrons. The van der Waals surface area contributed by atoms with Crippen LogP contribution in [0.15, 0.2) is 48.7 Å². The van der Waals surface area contributed by atoms with Gasteiger partial charge in [-0.1, -0.05) is 12.1 Å². The molecule has 0 saturated carbocycles. The van der Waals surface area contributed by atoms with Crippen molar-refractivity contribution in [2.75, 3.05) is 13.1 Å². The molecule has 0 unspecified atom stereocenters. The molecule has 1 aliphatic heterocycles. The van der Waals surface area contributed by atoms with Crippen LogP contribution in [0.25, 0.3) is 43.8 Å². The van der Waals surface area contributed by atoms with Gasteiger partial charge in [-0.25, -0.2) is 4.98 Å². The van der Waals surface area contributed by atoms with Crippen LogP contribution < -0.4 is 5.32 Å². The SMILES string of the molecule is Fc1ccc(-c2cccc3[nH]c(-c4n[nH]c5ncc(C6CCNCC6)cc45)cc23)s1. The second kappa shape index (κ2) is 7.04. The van der Waals surface area contributed by atoms with Crippen LogP contribution >= 0.6 is 11.3 Å². The molecule has 4 aromatic heterocycles. The number of piperidine rings is 1. The van der Waals surface area contributed by atoms with E-state index < -0.39 is 0 Å². The molecule has 1 fully saturated rings. The van der Waals surface area contributed by atoms with Gasteiger partial charge >= 0.3 is 0 Å². The van der Waals surface area contributed by atoms with Crippen molar-refractivity contribution in [3.63, 3.8) is 0 Å². The van der Waals surface area contributed by atoms with Crippen LogP contribution in [0.3, 0.4) is 0 Å². The molecular formula is C23H20FN5S. The topological polar surface area (TPSA) is 69.4 Å². The highest BCUT2D eigenvalue weighted by atomic mass is 32.1. The summed E-state index contributed by atoms with van der Waals surface area (Å²) >= 11 is 1.17. The van der Waals surface area contributed by atoms with Gasteiger partial charge in [-0.3, -0.25) is 5.10 Å². The molecule has 5 aromatic rings. The number of rotatable bonds is 3. The van der Waals surface area contributed by atoms with Gasteiger partial charge in [-0.2, -0.15) is 9.49 Å². The van der Waals surface area contributed by atoms with Crippen molar-refractivity contribution in [2.24, 2.45) is 0 Å². The van der Waals surface area contributed by atoms with Crippen molar-refractivity contribution in [3.8, 4) is 21.8 Å². The molecule has 0 amide bonds. The first-order valence-electron chi connectivity index (χ1n) is 10.2. The summed E-state index contributed by atoms with van der Waals surface area (Å²) < 4.78 is 13.6. The van der Waals surface area contributed by atoms with Crippen molar-refractivity contribution in [1.29, 1.82) is 0 Å². The number of benzene rings is 1. The van der Waals surface area contributed by atoms with E-state index in [-0.39, 0.29) is 5.13 Å². The van der Waals surface area contributed by atoms with E-state index in [1.165, 1.54) is 23.0 Å². The van der Waals surface area contributed by atoms with E-state index in [9.17, 15) is 4.39 Å². The summed E-state index contributed by atoms with van der Waals surface area (Å²) in [6.07, 6.45) is 4.25. The molecule has 5 heterocycles. The number of pyridine rings is 1. The highest BCUT2D eigenvalue weighted by molar-refractivity contribution is 7.14. The predicted molar refractivity (Wildman–Crippen MR) is 119 cm³/mol. The van der Waals surface area contributed by atoms with Crippen LogP contribution in [0.1, 0.15) is 24.3 Å². The van der Waals surface area contributed by atoms with Crippen LogP contribution in [0, 0.1) is 5.13 Å². The van der Waals surface area contributed by atoms with Gasteiger partial charge in [-0.05, 0) is 67.7 Å². The third-order valence-corrected chi connectivity index (χ3v) is 6.91. The van der Waals surface area contributed by atoms with Crippen molar-refractivity contribution >= 4 is 33.3 Å². The lowest BCUT2D eigenvalue weighted by Gasteiger charge is -2.22. The summed E-state index contributed by atoms with van der Waals surface area (Å²) in [5.74, 6) is 0.536. The minimum absolute atomic E-state index is 0.174. The van der Waals surface area contributed by atoms with Crippen molar-refractivity contribution in [1.82, 2.24) is 25.5 Å². The summed E-state index contributed by atoms with van der Waals surface area (Å²) in [5.41, 5.74) is 5.91. The van der Waals surface area contributed by atoms with Gasteiger partial charge in [-0.15, -0.1) is 11.3 Å². The summed E-state index contributed by atoms with van der Waals surface area (Å²) in [7, 11) is 0. The maximum atomic E-state index is 13.6. The van der Waals surface area contributed by atoms with E-state index in [4.69, 9.17) is 0 Å². The Hall–Kier alpha value is -3.03. The first-order valence-corrected chi connectivity index (χ1v) is 11.0. The Morgan fingerprint density at radius 3 is 2.77 bits per heavy atom. The minimum Gasteiger partial charge on any atom is -0.353 e. The number of nitrogens with one attached hydrogen (secondary N) is 3. The van der Waals surface area contributed by atoms with Gasteiger partial charge in [0.1, 0.15) is 5.69 Å². The lowest BCUT2D eigenvalue weighted by Crippen LogP contribution is -2.26. The molecular weight excluding hydrogens is 397 g/mol. The fourth-order valence-corrected chi connectivity index (χ4v) is 5.23. The molecule has 7 heteroatoms. The number of hydrogen-bond acceptors (Lipinski definition) is 4. The Bertz CT molecular complexity index is 1360. The summed E-state index contributed by atoms with van der Waals surface area (Å²) in [5, 5.41) is 13.0. The number of halogens is 1. The fourth-order valence-electron chi connectivity index (χ4n) is 4.46. The summed E-state index contributed by atoms with van der Waals surface area (Å²) in [6.45, 7) is 2.10. The molecule has 6 rings (SSSR count). The number of fused-ring (bicyclic) bond motifs is 2. The molecule has 0 bridgehead atoms. The molecule has 150 valence electrons. The smallest absolute Gasteiger partial charge is 0.176 e. The Morgan fingerprint density at radius 2 is 1.93 bits per heavy atom. The van der Waals surface area contributed by atoms with E-state index in [0.29, 0.717) is 5.92 Å². The Balaban J connectivity index is 1.47. The first-order chi connectivity index (χ1) is 14.8. The third kappa shape index (κ3) is 2.93. The largest absolute Gasteiger partial charge is 0.353 e. The zero-order valence-electron chi connectivity index (χ0n) is 16.2. The molecule has 3 N–H and O–H groups in total. The Morgan fingerprint density at radius 1 is 1.03 bits per heavy atom. The second-order valence-electron chi connectivity index (χ2n) is 7.81. The van der Waals surface area contributed by atoms with Crippen LogP contribution in [0.5, 0.6) is 0 Å². The number of hydrogen-bond donors (Lipinski definition) is 3. The Kier molecular flexibility index (Phi) is 4.17. The zero-order valence-corrected chi connectivity index (χ0v) is 17.0. The maximum Gasteiger partial charge on any atom is 0.176 e. The lowest BCUT2D eigenvalue weighted by atomic mass is 9.91. The molecule has 0 atom stereocenters. The third-order valence-electron chi connectivity index (χ3n) is 6.01. The zero-order chi connectivity index (χ0) is 20.1. The van der Waals surface area contributed by atoms with E-state index in [1.807, 2.05) is 30.5 Å². The van der Waals surface area contributed by atoms with Crippen LogP contribution in [-0.2, 0) is 0 Å². The quantitative estimate of drug-likeness (QED) is 0.366. The fraction of sp³-hybridized carbons (Fsp3) is 0.217. The molecule has 1 aliphatic rings. The number of aromatic amines is 2. The summed E-state index contributed by atoms with van der Waals surface area (Å²) in [6, 6.07) is 13.8. The predicted octanol–water partition coefficient (Wildman–Crippen LogP) is 5.44. The average molecular weight is 418 g/mol. The van der Waals surface area contributed by atoms with Crippen LogP contribution in [0.2, 0.25) is 0 Å². The molecule has 1 aromatic carbocycles. The molecule has 5 nitrogen and oxygen atoms in total. The number of thiophene rings is 1. The van der Waals surface area contributed by atoms with E-state index in [0.717, 1.165) is 69.7 Å². The molecule has 30 heavy (non-hydrogen) atoms. The van der Waals surface area contributed by atoms with Crippen molar-refractivity contribution in [2.45, 2.75) is 18.8 Å². The summed E-state index contributed by atoms with van der Waals surface area (Å²) in [4.78, 5) is 9.05. The lowest BCUT2D eigenvalue weighted by molar-refractivity contribution is 0.460. The van der Waals surface area contributed by atoms with Crippen LogP contribution in [-0.4, -0.2) is 33.3 Å². The van der Waals surface area contributed by atoms with Crippen molar-refractivity contribution in [3.05, 3.63) is 59.4 Å². The molecule has 0 aliphatic carbocycles. The highest BCUT2D eigenvalue weighted by Crippen LogP contribution is 2.37. The highest BCUT2D eigenvalue weighted by Gasteiger charge is 2.19. The monoisotopic (exact) mass is 417 g/mol. The van der Waals surface area contributed by atoms with Gasteiger partial charge in [0.15, 0.2) is 10.8 Å². The Labute approximate surface area is 176 Å². The maximum absolute atomic E-state index is 13.6. The normalized spacial score (nSPS) is 15.4. The standard InChI is InChI=1S/C23H20FN5S/c24-21-5-4-20(30-21)15-2-1-3-18-16(15)11-19(27-18)22-17-10-14(12-26-23(17)29-28-22)13-6-8-25-9-7-13/h1-5,10-13,25,27H,6-9H2,(H,26,28,29). The van der Waals surface area contributed by atoms with Gasteiger partial charge in [0, 0.05) is 32.9 Å².